The van der Waals surface area contributed by atoms with Gasteiger partial charge in [0, 0.05) is 39.3 Å². The summed E-state index contributed by atoms with van der Waals surface area (Å²) in [5, 5.41) is 0. The van der Waals surface area contributed by atoms with Crippen LogP contribution in [0, 0.1) is 83.1 Å². The van der Waals surface area contributed by atoms with E-state index in [1.807, 2.05) is 0 Å². The molecule has 63 heavy (non-hydrogen) atoms. The van der Waals surface area contributed by atoms with Gasteiger partial charge in [0.05, 0.1) is 0 Å². The zero-order valence-corrected chi connectivity index (χ0v) is 42.1. The molecule has 0 aliphatic carbocycles. The Kier molecular flexibility index (Phi) is 20.1. The maximum Gasteiger partial charge on any atom is 0.0241 e. The monoisotopic (exact) mass is 844 g/mol. The number of benzene rings is 6. The third-order valence-corrected chi connectivity index (χ3v) is 11.5. The maximum absolute atomic E-state index is 2.57. The van der Waals surface area contributed by atoms with Crippen molar-refractivity contribution < 1.29 is 0 Å². The third kappa shape index (κ3) is 18.4. The van der Waals surface area contributed by atoms with Crippen molar-refractivity contribution in [1.29, 1.82) is 0 Å². The van der Waals surface area contributed by atoms with Crippen LogP contribution in [0.4, 0.5) is 0 Å². The average molecular weight is 844 g/mol. The van der Waals surface area contributed by atoms with E-state index >= 15 is 0 Å². The second kappa shape index (κ2) is 24.9. The highest BCUT2D eigenvalue weighted by molar-refractivity contribution is 5.34. The predicted molar refractivity (Wildman–Crippen MR) is 275 cm³/mol. The SMILES string of the molecule is CCN(CC)Cc1cc(C)cc(C)c1.CCN(Cc1cc(C)cc(C)c1)Cc1cc(C)cc(C)c1.Cc1cc(C)cc(CN(Cc2cc(C)cc(C)c2)Cc2cc(C)cc(C)c2)c1. The van der Waals surface area contributed by atoms with Gasteiger partial charge in [0.2, 0.25) is 0 Å². The van der Waals surface area contributed by atoms with Gasteiger partial charge < -0.3 is 0 Å². The molecule has 0 heterocycles. The second-order valence-electron chi connectivity index (χ2n) is 18.9. The molecule has 6 aromatic carbocycles. The lowest BCUT2D eigenvalue weighted by Crippen LogP contribution is -2.23. The molecule has 0 N–H and O–H groups in total. The first-order chi connectivity index (χ1) is 29.9. The summed E-state index contributed by atoms with van der Waals surface area (Å²) in [6.45, 7) is 42.2. The first-order valence-corrected chi connectivity index (χ1v) is 23.5. The Bertz CT molecular complexity index is 2060. The van der Waals surface area contributed by atoms with Gasteiger partial charge in [0.1, 0.15) is 0 Å². The van der Waals surface area contributed by atoms with Crippen LogP contribution in [0.2, 0.25) is 0 Å². The molecule has 0 fully saturated rings. The van der Waals surface area contributed by atoms with Gasteiger partial charge in [-0.15, -0.1) is 0 Å². The summed E-state index contributed by atoms with van der Waals surface area (Å²) in [4.78, 5) is 7.51. The Morgan fingerprint density at radius 1 is 0.206 bits per heavy atom. The molecule has 3 heteroatoms. The summed E-state index contributed by atoms with van der Waals surface area (Å²) in [5.74, 6) is 0. The molecule has 0 bridgehead atoms. The van der Waals surface area contributed by atoms with E-state index in [4.69, 9.17) is 0 Å². The molecule has 0 saturated carbocycles. The van der Waals surface area contributed by atoms with Crippen LogP contribution in [0.5, 0.6) is 0 Å². The Hall–Kier alpha value is -4.80. The molecule has 336 valence electrons. The highest BCUT2D eigenvalue weighted by Gasteiger charge is 2.12. The van der Waals surface area contributed by atoms with E-state index in [-0.39, 0.29) is 0 Å². The van der Waals surface area contributed by atoms with Crippen molar-refractivity contribution >= 4 is 0 Å². The number of nitrogens with zero attached hydrogens (tertiary/aromatic N) is 3. The van der Waals surface area contributed by atoms with Crippen molar-refractivity contribution in [1.82, 2.24) is 14.7 Å². The molecule has 6 aromatic rings. The minimum atomic E-state index is 0.961. The molecule has 0 unspecified atom stereocenters. The van der Waals surface area contributed by atoms with Crippen molar-refractivity contribution in [2.24, 2.45) is 0 Å². The maximum atomic E-state index is 2.57. The zero-order valence-electron chi connectivity index (χ0n) is 42.1. The van der Waals surface area contributed by atoms with Gasteiger partial charge in [0.25, 0.3) is 0 Å². The zero-order chi connectivity index (χ0) is 46.2. The fourth-order valence-corrected chi connectivity index (χ4v) is 9.41. The highest BCUT2D eigenvalue weighted by Crippen LogP contribution is 2.21. The van der Waals surface area contributed by atoms with Crippen molar-refractivity contribution in [3.05, 3.63) is 209 Å². The molecule has 3 nitrogen and oxygen atoms in total. The van der Waals surface area contributed by atoms with Gasteiger partial charge in [-0.1, -0.05) is 197 Å². The van der Waals surface area contributed by atoms with E-state index in [9.17, 15) is 0 Å². The first-order valence-electron chi connectivity index (χ1n) is 23.5. The van der Waals surface area contributed by atoms with Crippen LogP contribution in [-0.4, -0.2) is 34.3 Å². The molecular formula is C60H81N3. The average Bonchev–Trinajstić information content (AvgIpc) is 3.15. The first kappa shape index (κ1) is 50.8. The molecule has 0 aromatic heterocycles. The van der Waals surface area contributed by atoms with Gasteiger partial charge in [-0.2, -0.15) is 0 Å². The lowest BCUT2D eigenvalue weighted by molar-refractivity contribution is 0.247. The largest absolute Gasteiger partial charge is 0.300 e. The predicted octanol–water partition coefficient (Wildman–Crippen LogP) is 14.8. The van der Waals surface area contributed by atoms with Gasteiger partial charge in [-0.3, -0.25) is 14.7 Å². The second-order valence-corrected chi connectivity index (χ2v) is 18.9. The Balaban J connectivity index is 0.000000220. The van der Waals surface area contributed by atoms with Gasteiger partial charge in [0.15, 0.2) is 0 Å². The van der Waals surface area contributed by atoms with Crippen LogP contribution in [-0.2, 0) is 39.3 Å². The summed E-state index contributed by atoms with van der Waals surface area (Å²) in [6, 6.07) is 41.2. The van der Waals surface area contributed by atoms with E-state index in [0.29, 0.717) is 0 Å². The minimum absolute atomic E-state index is 0.961. The van der Waals surface area contributed by atoms with Crippen LogP contribution >= 0.6 is 0 Å². The topological polar surface area (TPSA) is 9.72 Å². The van der Waals surface area contributed by atoms with Crippen LogP contribution < -0.4 is 0 Å². The molecule has 0 aliphatic rings. The van der Waals surface area contributed by atoms with Gasteiger partial charge in [-0.05, 0) is 136 Å². The Morgan fingerprint density at radius 2 is 0.349 bits per heavy atom. The summed E-state index contributed by atoms with van der Waals surface area (Å²) < 4.78 is 0. The molecule has 0 atom stereocenters. The molecule has 0 spiro atoms. The Morgan fingerprint density at radius 3 is 0.508 bits per heavy atom. The van der Waals surface area contributed by atoms with Crippen molar-refractivity contribution in [2.45, 2.75) is 143 Å². The minimum Gasteiger partial charge on any atom is -0.300 e. The lowest BCUT2D eigenvalue weighted by atomic mass is 10.0. The quantitative estimate of drug-likeness (QED) is 0.102. The van der Waals surface area contributed by atoms with E-state index in [1.165, 1.54) is 100 Å². The number of aryl methyl sites for hydroxylation is 12. The van der Waals surface area contributed by atoms with Crippen LogP contribution in [0.1, 0.15) is 121 Å². The van der Waals surface area contributed by atoms with E-state index < -0.39 is 0 Å². The molecule has 0 radical (unpaired) electrons. The van der Waals surface area contributed by atoms with Crippen LogP contribution in [0.15, 0.2) is 109 Å². The van der Waals surface area contributed by atoms with Crippen LogP contribution in [0.25, 0.3) is 0 Å². The fraction of sp³-hybridized carbons (Fsp3) is 0.400. The van der Waals surface area contributed by atoms with Crippen molar-refractivity contribution in [2.75, 3.05) is 19.6 Å². The molecule has 0 saturated heterocycles. The number of hydrogen-bond donors (Lipinski definition) is 0. The molecule has 0 amide bonds. The van der Waals surface area contributed by atoms with Crippen LogP contribution in [0.3, 0.4) is 0 Å². The van der Waals surface area contributed by atoms with Gasteiger partial charge >= 0.3 is 0 Å². The fourth-order valence-electron chi connectivity index (χ4n) is 9.41. The highest BCUT2D eigenvalue weighted by atomic mass is 15.1. The Labute approximate surface area is 385 Å². The van der Waals surface area contributed by atoms with Crippen molar-refractivity contribution in [3.63, 3.8) is 0 Å². The smallest absolute Gasteiger partial charge is 0.0241 e. The van der Waals surface area contributed by atoms with E-state index in [2.05, 4.69) is 228 Å². The summed E-state index contributed by atoms with van der Waals surface area (Å²) >= 11 is 0. The summed E-state index contributed by atoms with van der Waals surface area (Å²) in [7, 11) is 0. The standard InChI is InChI=1S/C27H33N.C20H27N.C13H21N/c1-19-7-20(2)11-25(10-19)16-28(17-26-12-21(3)8-22(4)13-26)18-27-14-23(5)9-24(6)15-27;1-6-21(13-19-9-15(2)7-16(3)10-19)14-20-11-17(4)8-18(5)12-20;1-5-14(6-2)10-13-8-11(3)7-12(4)9-13/h7-15H,16-18H2,1-6H3;7-12H,6,13-14H2,1-5H3;7-9H,5-6,10H2,1-4H3. The van der Waals surface area contributed by atoms with E-state index in [0.717, 1.165) is 58.9 Å². The number of rotatable bonds is 15. The summed E-state index contributed by atoms with van der Waals surface area (Å²) in [6.07, 6.45) is 0. The molecule has 6 rings (SSSR count). The number of hydrogen-bond acceptors (Lipinski definition) is 3. The molecular weight excluding hydrogens is 763 g/mol. The third-order valence-electron chi connectivity index (χ3n) is 11.5. The van der Waals surface area contributed by atoms with Crippen molar-refractivity contribution in [3.8, 4) is 0 Å². The summed E-state index contributed by atoms with van der Waals surface area (Å²) in [5.41, 5.74) is 24.6. The molecule has 0 aliphatic heterocycles. The normalized spacial score (nSPS) is 11.1. The lowest BCUT2D eigenvalue weighted by Gasteiger charge is -2.24. The van der Waals surface area contributed by atoms with Gasteiger partial charge in [-0.25, -0.2) is 0 Å². The van der Waals surface area contributed by atoms with E-state index in [1.54, 1.807) is 0 Å².